The molecule has 6 aromatic carbocycles. The van der Waals surface area contributed by atoms with Crippen molar-refractivity contribution in [2.75, 3.05) is 82.4 Å². The second-order valence-electron chi connectivity index (χ2n) is 26.0. The van der Waals surface area contributed by atoms with E-state index in [0.29, 0.717) is 137 Å². The van der Waals surface area contributed by atoms with Crippen LogP contribution in [0.3, 0.4) is 0 Å². The Morgan fingerprint density at radius 3 is 1.58 bits per heavy atom. The van der Waals surface area contributed by atoms with Gasteiger partial charge in [0.25, 0.3) is 23.7 Å². The van der Waals surface area contributed by atoms with Gasteiger partial charge >= 0.3 is 11.9 Å². The first kappa shape index (κ1) is 72.0. The molecule has 0 radical (unpaired) electrons. The van der Waals surface area contributed by atoms with E-state index in [-0.39, 0.29) is 54.2 Å². The van der Waals surface area contributed by atoms with Crippen LogP contribution in [-0.2, 0) is 54.8 Å². The van der Waals surface area contributed by atoms with E-state index >= 15 is 0 Å². The van der Waals surface area contributed by atoms with Gasteiger partial charge < -0.3 is 32.8 Å². The molecule has 3 aromatic heterocycles. The number of amides is 3. The molecule has 10 heterocycles. The fraction of sp³-hybridized carbons (Fsp3) is 0.299. The number of esters is 2. The van der Waals surface area contributed by atoms with E-state index in [0.717, 1.165) is 58.2 Å². The number of fused-ring (bicyclic) bond motifs is 10. The van der Waals surface area contributed by atoms with Gasteiger partial charge in [0.1, 0.15) is 23.3 Å². The highest BCUT2D eigenvalue weighted by Crippen LogP contribution is 2.41. The molecular formula is C77H73Br3N16O10. The monoisotopic (exact) mass is 1620 g/mol. The number of nitriles is 1. The van der Waals surface area contributed by atoms with E-state index in [9.17, 15) is 29.2 Å². The molecule has 7 aliphatic heterocycles. The van der Waals surface area contributed by atoms with Crippen molar-refractivity contribution in [3.05, 3.63) is 221 Å². The maximum absolute atomic E-state index is 13.8. The molecule has 0 spiro atoms. The molecule has 106 heavy (non-hydrogen) atoms. The van der Waals surface area contributed by atoms with Crippen LogP contribution in [0.25, 0.3) is 0 Å². The lowest BCUT2D eigenvalue weighted by atomic mass is 10.1. The van der Waals surface area contributed by atoms with Crippen molar-refractivity contribution in [3.8, 4) is 29.3 Å². The van der Waals surface area contributed by atoms with E-state index in [1.165, 1.54) is 44.9 Å². The van der Waals surface area contributed by atoms with Crippen LogP contribution in [0.2, 0.25) is 0 Å². The van der Waals surface area contributed by atoms with Crippen LogP contribution in [0, 0.1) is 11.3 Å². The molecule has 0 fully saturated rings. The average molecular weight is 1620 g/mol. The first-order chi connectivity index (χ1) is 51.4. The molecule has 0 saturated carbocycles. The number of nitrogens with zero attached hydrogens (tertiary/aromatic N) is 16. The number of rotatable bonds is 18. The summed E-state index contributed by atoms with van der Waals surface area (Å²) < 4.78 is 34.2. The molecule has 3 atom stereocenters. The first-order valence-electron chi connectivity index (χ1n) is 34.5. The number of methoxy groups -OCH3 is 3. The zero-order valence-electron chi connectivity index (χ0n) is 59.1. The number of guanidine groups is 3. The van der Waals surface area contributed by atoms with E-state index in [1.54, 1.807) is 49.1 Å². The van der Waals surface area contributed by atoms with Crippen molar-refractivity contribution in [1.82, 2.24) is 43.4 Å². The summed E-state index contributed by atoms with van der Waals surface area (Å²) in [6.45, 7) is 9.71. The van der Waals surface area contributed by atoms with Crippen molar-refractivity contribution in [3.63, 3.8) is 0 Å². The van der Waals surface area contributed by atoms with Gasteiger partial charge in [0, 0.05) is 33.5 Å². The van der Waals surface area contributed by atoms with E-state index < -0.39 is 5.97 Å². The van der Waals surface area contributed by atoms with E-state index in [2.05, 4.69) is 111 Å². The first-order valence-corrected chi connectivity index (χ1v) is 36.9. The highest BCUT2D eigenvalue weighted by Gasteiger charge is 2.47. The third-order valence-electron chi connectivity index (χ3n) is 19.1. The van der Waals surface area contributed by atoms with Gasteiger partial charge in [-0.3, -0.25) is 53.1 Å². The van der Waals surface area contributed by atoms with Crippen LogP contribution in [0.5, 0.6) is 23.3 Å². The predicted octanol–water partition coefficient (Wildman–Crippen LogP) is 11.0. The predicted molar refractivity (Wildman–Crippen MR) is 408 cm³/mol. The van der Waals surface area contributed by atoms with E-state index in [4.69, 9.17) is 43.6 Å². The van der Waals surface area contributed by atoms with Gasteiger partial charge in [-0.15, -0.1) is 0 Å². The number of carbonyl (C=O) groups excluding carboxylic acids is 5. The van der Waals surface area contributed by atoms with Gasteiger partial charge in [0.05, 0.1) is 99.8 Å². The highest BCUT2D eigenvalue weighted by molar-refractivity contribution is 9.11. The molecule has 29 heteroatoms. The Bertz CT molecular complexity index is 5090. The maximum Gasteiger partial charge on any atom is 0.374 e. The lowest BCUT2D eigenvalue weighted by Crippen LogP contribution is -2.50. The maximum atomic E-state index is 13.8. The second-order valence-corrected chi connectivity index (χ2v) is 28.4. The van der Waals surface area contributed by atoms with Crippen LogP contribution in [0.1, 0.15) is 107 Å². The fourth-order valence-corrected chi connectivity index (χ4v) is 15.9. The normalized spacial score (nSPS) is 17.0. The van der Waals surface area contributed by atoms with Crippen molar-refractivity contribution in [2.24, 2.45) is 15.0 Å². The summed E-state index contributed by atoms with van der Waals surface area (Å²) in [5.74, 6) is 3.84. The van der Waals surface area contributed by atoms with Crippen molar-refractivity contribution in [1.29, 1.82) is 5.26 Å². The molecule has 0 bridgehead atoms. The van der Waals surface area contributed by atoms with Crippen molar-refractivity contribution >= 4 is 113 Å². The number of ether oxygens (including phenoxy) is 5. The van der Waals surface area contributed by atoms with Crippen LogP contribution in [-0.4, -0.2) is 177 Å². The highest BCUT2D eigenvalue weighted by atomic mass is 79.9. The zero-order valence-corrected chi connectivity index (χ0v) is 63.8. The minimum atomic E-state index is -0.590. The number of hydrogen-bond acceptors (Lipinski definition) is 20. The summed E-state index contributed by atoms with van der Waals surface area (Å²) in [5, 5.41) is 9.45. The number of halogens is 3. The van der Waals surface area contributed by atoms with Crippen molar-refractivity contribution in [2.45, 2.75) is 84.2 Å². The number of benzene rings is 6. The lowest BCUT2D eigenvalue weighted by Gasteiger charge is -2.33. The van der Waals surface area contributed by atoms with E-state index in [1.807, 2.05) is 107 Å². The smallest absolute Gasteiger partial charge is 0.374 e. The summed E-state index contributed by atoms with van der Waals surface area (Å²) >= 11 is 10.6. The third kappa shape index (κ3) is 14.0. The molecule has 7 aliphatic rings. The summed E-state index contributed by atoms with van der Waals surface area (Å²) in [6.07, 6.45) is 3.13. The Morgan fingerprint density at radius 1 is 0.557 bits per heavy atom. The Balaban J connectivity index is 0.000000134. The van der Waals surface area contributed by atoms with Crippen molar-refractivity contribution < 1.29 is 47.7 Å². The minimum Gasteiger partial charge on any atom is -0.495 e. The molecule has 0 saturated heterocycles. The van der Waals surface area contributed by atoms with Gasteiger partial charge in [0.2, 0.25) is 23.7 Å². The quantitative estimate of drug-likeness (QED) is 0.0571. The largest absolute Gasteiger partial charge is 0.495 e. The van der Waals surface area contributed by atoms with Gasteiger partial charge in [-0.25, -0.2) is 29.7 Å². The van der Waals surface area contributed by atoms with Gasteiger partial charge in [-0.2, -0.15) is 10.2 Å². The van der Waals surface area contributed by atoms with Crippen LogP contribution < -0.4 is 33.6 Å². The zero-order chi connectivity index (χ0) is 74.2. The molecule has 16 rings (SSSR count). The van der Waals surface area contributed by atoms with Crippen LogP contribution in [0.4, 0.5) is 17.5 Å². The number of anilines is 3. The number of aliphatic imine (C=N–C) groups is 3. The molecule has 542 valence electrons. The lowest BCUT2D eigenvalue weighted by molar-refractivity contribution is -0.131. The van der Waals surface area contributed by atoms with Gasteiger partial charge in [0.15, 0.2) is 39.3 Å². The standard InChI is InChI=1S/C27H26BrN5O4.C25H23Br2N5O3.C25H24N6O3/c1-3-31-25(34)21-23(33-15-19(29-27(31)33)12-16-7-5-4-6-8-16)30-24(26(35)36-2)32(21)14-17-11-18-9-10-37-22(18)20(28)13-17;1-3-30-23(34)21-22(32-14-18(28-25(30)32)11-16-7-5-4-6-8-16)29-24(27)31(21)13-17-9-10-20(19(26)12-17)35-15(2)33;1-29-23(32)21-22(31-15-19(27-24(29)31)12-16-7-5-4-6-8-16)28-25(34-3)30(21)14-17-9-10-20(33-2)18(11-17)13-26/h4-8,11,13,19H,3,9-10,12,14-15H2,1-2H3;4-10,12,18H,3,11,13-14H2,1-2H3;4-11,19H,12,14-15H2,1-3H3/t19-;18-;19-/m111/s1. The molecule has 0 aliphatic carbocycles. The average Bonchev–Trinajstić information content (AvgIpc) is 1.58. The minimum absolute atomic E-state index is 0.00881. The summed E-state index contributed by atoms with van der Waals surface area (Å²) in [6, 6.07) is 48.0. The number of imidazole rings is 3. The molecule has 9 aromatic rings. The number of aromatic nitrogens is 6. The summed E-state index contributed by atoms with van der Waals surface area (Å²) in [5.41, 5.74) is 9.12. The van der Waals surface area contributed by atoms with Gasteiger partial charge in [-0.1, -0.05) is 109 Å². The number of hydrogen-bond donors (Lipinski definition) is 0. The Labute approximate surface area is 636 Å². The number of carbonyl (C=O) groups is 5. The fourth-order valence-electron chi connectivity index (χ4n) is 14.3. The molecule has 3 amide bonds. The second kappa shape index (κ2) is 30.6. The molecule has 26 nitrogen and oxygen atoms in total. The van der Waals surface area contributed by atoms with Crippen LogP contribution >= 0.6 is 47.8 Å². The molecular weight excluding hydrogens is 1550 g/mol. The van der Waals surface area contributed by atoms with Gasteiger partial charge in [-0.05, 0) is 150 Å². The Kier molecular flexibility index (Phi) is 20.8. The van der Waals surface area contributed by atoms with Crippen LogP contribution in [0.15, 0.2) is 168 Å². The topological polar surface area (TPSA) is 265 Å². The Morgan fingerprint density at radius 2 is 1.05 bits per heavy atom. The Hall–Kier alpha value is -11.0. The SMILES string of the molecule is CCN1C(=O)c2c(nc(Br)n2Cc2ccc(OC(C)=O)c(Br)c2)N2C[C@@H](Cc3ccccc3)N=C12.CCN1C(=O)c2c(nc(C(=O)OC)n2Cc2cc(Br)c3c(c2)CCO3)N2C[C@@H](Cc3ccccc3)N=C12.COc1ccc(Cn2c(OC)nc3c2C(=O)N(C)C2=N[C@H](Cc4ccccc4)CN23)cc1C#N. The summed E-state index contributed by atoms with van der Waals surface area (Å²) in [4.78, 5) is 105. The molecule has 0 N–H and O–H groups in total. The summed E-state index contributed by atoms with van der Waals surface area (Å²) in [7, 11) is 6.11. The molecule has 0 unspecified atom stereocenters. The third-order valence-corrected chi connectivity index (χ3v) is 20.9.